The van der Waals surface area contributed by atoms with Gasteiger partial charge >= 0.3 is 5.69 Å². The van der Waals surface area contributed by atoms with Gasteiger partial charge in [-0.3, -0.25) is 14.9 Å². The largest absolute Gasteiger partial charge is 0.476 e. The first-order chi connectivity index (χ1) is 9.88. The molecule has 21 heavy (non-hydrogen) atoms. The zero-order valence-corrected chi connectivity index (χ0v) is 12.9. The fraction of sp³-hybridized carbons (Fsp3) is 0.462. The third kappa shape index (κ3) is 4.15. The van der Waals surface area contributed by atoms with E-state index in [9.17, 15) is 20.0 Å². The second-order valence-electron chi connectivity index (χ2n) is 4.91. The number of aliphatic hydroxyl groups is 1. The molecule has 0 radical (unpaired) electrons. The number of rotatable bonds is 6. The summed E-state index contributed by atoms with van der Waals surface area (Å²) in [5, 5.41) is 23.6. The molecule has 0 aromatic heterocycles. The number of aliphatic hydroxyl groups excluding tert-OH is 1. The van der Waals surface area contributed by atoms with Crippen molar-refractivity contribution < 1.29 is 19.6 Å². The Bertz CT molecular complexity index is 572. The maximum Gasteiger partial charge on any atom is 0.312 e. The molecule has 0 bridgehead atoms. The second kappa shape index (κ2) is 6.40. The van der Waals surface area contributed by atoms with Gasteiger partial charge < -0.3 is 15.2 Å². The highest BCUT2D eigenvalue weighted by molar-refractivity contribution is 9.10. The van der Waals surface area contributed by atoms with E-state index in [0.29, 0.717) is 4.47 Å². The molecule has 1 amide bonds. The number of nitrogens with one attached hydrogen (secondary N) is 1. The molecule has 7 nitrogen and oxygen atoms in total. The number of nitrogens with zero attached hydrogens (tertiary/aromatic N) is 1. The van der Waals surface area contributed by atoms with Crippen LogP contribution < -0.4 is 10.1 Å². The van der Waals surface area contributed by atoms with Crippen LogP contribution in [-0.4, -0.2) is 28.6 Å². The fourth-order valence-electron chi connectivity index (χ4n) is 1.84. The van der Waals surface area contributed by atoms with Crippen molar-refractivity contribution in [3.63, 3.8) is 0 Å². The van der Waals surface area contributed by atoms with Gasteiger partial charge in [-0.25, -0.2) is 0 Å². The average molecular weight is 359 g/mol. The zero-order chi connectivity index (χ0) is 15.6. The van der Waals surface area contributed by atoms with Crippen LogP contribution in [-0.2, 0) is 4.79 Å². The van der Waals surface area contributed by atoms with Crippen molar-refractivity contribution in [2.75, 3.05) is 6.61 Å². The van der Waals surface area contributed by atoms with E-state index in [1.165, 1.54) is 19.1 Å². The minimum Gasteiger partial charge on any atom is -0.476 e. The Kier molecular flexibility index (Phi) is 4.79. The van der Waals surface area contributed by atoms with Gasteiger partial charge in [0.2, 0.25) is 5.75 Å². The fourth-order valence-corrected chi connectivity index (χ4v) is 2.30. The van der Waals surface area contributed by atoms with Gasteiger partial charge in [0.1, 0.15) is 0 Å². The summed E-state index contributed by atoms with van der Waals surface area (Å²) >= 11 is 3.15. The number of amides is 1. The SMILES string of the molecule is C[C@H](O)c1cc(Br)cc([N+](=O)[O-])c1OCC(=O)NC1CC1. The van der Waals surface area contributed by atoms with Gasteiger partial charge in [0.15, 0.2) is 6.61 Å². The van der Waals surface area contributed by atoms with Gasteiger partial charge in [0, 0.05) is 22.1 Å². The average Bonchev–Trinajstić information content (AvgIpc) is 3.19. The van der Waals surface area contributed by atoms with Crippen LogP contribution in [0.3, 0.4) is 0 Å². The molecule has 2 rings (SSSR count). The van der Waals surface area contributed by atoms with Crippen molar-refractivity contribution >= 4 is 27.5 Å². The van der Waals surface area contributed by atoms with E-state index in [0.717, 1.165) is 12.8 Å². The molecule has 0 aliphatic heterocycles. The van der Waals surface area contributed by atoms with Crippen LogP contribution in [0.1, 0.15) is 31.4 Å². The number of hydrogen-bond acceptors (Lipinski definition) is 5. The molecule has 2 N–H and O–H groups in total. The Labute approximate surface area is 129 Å². The van der Waals surface area contributed by atoms with E-state index in [-0.39, 0.29) is 35.6 Å². The molecule has 1 aliphatic carbocycles. The van der Waals surface area contributed by atoms with E-state index in [1.54, 1.807) is 0 Å². The number of halogens is 1. The maximum absolute atomic E-state index is 11.6. The van der Waals surface area contributed by atoms with Crippen molar-refractivity contribution in [3.8, 4) is 5.75 Å². The highest BCUT2D eigenvalue weighted by atomic mass is 79.9. The van der Waals surface area contributed by atoms with Gasteiger partial charge in [-0.15, -0.1) is 0 Å². The van der Waals surface area contributed by atoms with E-state index in [1.807, 2.05) is 0 Å². The molecule has 8 heteroatoms. The van der Waals surface area contributed by atoms with Crippen molar-refractivity contribution in [2.24, 2.45) is 0 Å². The highest BCUT2D eigenvalue weighted by Crippen LogP contribution is 2.37. The van der Waals surface area contributed by atoms with E-state index >= 15 is 0 Å². The van der Waals surface area contributed by atoms with Gasteiger partial charge in [-0.1, -0.05) is 15.9 Å². The first-order valence-corrected chi connectivity index (χ1v) is 7.26. The predicted molar refractivity (Wildman–Crippen MR) is 78.1 cm³/mol. The summed E-state index contributed by atoms with van der Waals surface area (Å²) in [6.07, 6.45) is 0.939. The van der Waals surface area contributed by atoms with Crippen LogP contribution in [0.2, 0.25) is 0 Å². The Morgan fingerprint density at radius 2 is 2.29 bits per heavy atom. The third-order valence-electron chi connectivity index (χ3n) is 3.00. The van der Waals surface area contributed by atoms with Crippen molar-refractivity contribution in [2.45, 2.75) is 31.9 Å². The number of benzene rings is 1. The van der Waals surface area contributed by atoms with Gasteiger partial charge in [-0.2, -0.15) is 0 Å². The lowest BCUT2D eigenvalue weighted by Gasteiger charge is -2.14. The molecule has 0 spiro atoms. The quantitative estimate of drug-likeness (QED) is 0.598. The lowest BCUT2D eigenvalue weighted by Crippen LogP contribution is -2.30. The smallest absolute Gasteiger partial charge is 0.312 e. The van der Waals surface area contributed by atoms with Crippen LogP contribution in [0.4, 0.5) is 5.69 Å². The van der Waals surface area contributed by atoms with Gasteiger partial charge in [0.25, 0.3) is 5.91 Å². The minimum absolute atomic E-state index is 0.0795. The second-order valence-corrected chi connectivity index (χ2v) is 5.82. The Morgan fingerprint density at radius 3 is 2.81 bits per heavy atom. The summed E-state index contributed by atoms with van der Waals surface area (Å²) in [5.41, 5.74) is -0.0326. The molecule has 1 aromatic rings. The number of nitro benzene ring substituents is 1. The molecule has 0 heterocycles. The van der Waals surface area contributed by atoms with E-state index < -0.39 is 11.0 Å². The van der Waals surface area contributed by atoms with Crippen LogP contribution >= 0.6 is 15.9 Å². The third-order valence-corrected chi connectivity index (χ3v) is 3.46. The van der Waals surface area contributed by atoms with Crippen LogP contribution in [0.5, 0.6) is 5.75 Å². The molecule has 1 aliphatic rings. The summed E-state index contributed by atoms with van der Waals surface area (Å²) in [6.45, 7) is 1.15. The van der Waals surface area contributed by atoms with Crippen molar-refractivity contribution in [1.29, 1.82) is 0 Å². The first-order valence-electron chi connectivity index (χ1n) is 6.46. The maximum atomic E-state index is 11.6. The van der Waals surface area contributed by atoms with Crippen LogP contribution in [0.25, 0.3) is 0 Å². The van der Waals surface area contributed by atoms with E-state index in [4.69, 9.17) is 4.74 Å². The molecular weight excluding hydrogens is 344 g/mol. The first kappa shape index (κ1) is 15.7. The molecule has 0 saturated heterocycles. The normalized spacial score (nSPS) is 15.4. The topological polar surface area (TPSA) is 102 Å². The molecule has 1 atom stereocenters. The van der Waals surface area contributed by atoms with Crippen molar-refractivity contribution in [1.82, 2.24) is 5.32 Å². The number of ether oxygens (including phenoxy) is 1. The summed E-state index contributed by atoms with van der Waals surface area (Å²) in [5.74, 6) is -0.407. The summed E-state index contributed by atoms with van der Waals surface area (Å²) in [6, 6.07) is 3.00. The molecule has 1 saturated carbocycles. The van der Waals surface area contributed by atoms with E-state index in [2.05, 4.69) is 21.2 Å². The zero-order valence-electron chi connectivity index (χ0n) is 11.3. The minimum atomic E-state index is -0.956. The lowest BCUT2D eigenvalue weighted by molar-refractivity contribution is -0.386. The summed E-state index contributed by atoms with van der Waals surface area (Å²) in [4.78, 5) is 22.1. The Morgan fingerprint density at radius 1 is 1.62 bits per heavy atom. The van der Waals surface area contributed by atoms with Crippen LogP contribution in [0.15, 0.2) is 16.6 Å². The molecule has 0 unspecified atom stereocenters. The number of nitro groups is 1. The van der Waals surface area contributed by atoms with Crippen LogP contribution in [0, 0.1) is 10.1 Å². The highest BCUT2D eigenvalue weighted by Gasteiger charge is 2.26. The standard InChI is InChI=1S/C13H15BrN2O5/c1-7(17)10-4-8(14)5-11(16(19)20)13(10)21-6-12(18)15-9-2-3-9/h4-5,7,9,17H,2-3,6H2,1H3,(H,15,18)/t7-/m0/s1. The summed E-state index contributed by atoms with van der Waals surface area (Å²) in [7, 11) is 0. The Balaban J connectivity index is 2.21. The Hall–Kier alpha value is -1.67. The van der Waals surface area contributed by atoms with Gasteiger partial charge in [0.05, 0.1) is 11.0 Å². The van der Waals surface area contributed by atoms with Crippen molar-refractivity contribution in [3.05, 3.63) is 32.3 Å². The monoisotopic (exact) mass is 358 g/mol. The molecule has 1 fully saturated rings. The number of carbonyl (C=O) groups is 1. The number of carbonyl (C=O) groups excluding carboxylic acids is 1. The molecular formula is C13H15BrN2O5. The predicted octanol–water partition coefficient (Wildman–Crippen LogP) is 2.07. The summed E-state index contributed by atoms with van der Waals surface area (Å²) < 4.78 is 5.76. The van der Waals surface area contributed by atoms with Gasteiger partial charge in [-0.05, 0) is 25.8 Å². The number of hydrogen-bond donors (Lipinski definition) is 2. The molecule has 1 aromatic carbocycles. The molecule has 114 valence electrons. The lowest BCUT2D eigenvalue weighted by atomic mass is 10.1.